The van der Waals surface area contributed by atoms with Gasteiger partial charge in [0, 0.05) is 0 Å². The first-order chi connectivity index (χ1) is 14.0. The Kier molecular flexibility index (Phi) is 3.61. The first kappa shape index (κ1) is 17.8. The minimum absolute atomic E-state index is 0.0407. The van der Waals surface area contributed by atoms with Gasteiger partial charge in [-0.1, -0.05) is 6.07 Å². The molecule has 0 amide bonds. The highest BCUT2D eigenvalue weighted by molar-refractivity contribution is 5.36. The largest absolute Gasteiger partial charge is 0.207 e. The average molecular weight is 393 g/mol. The second kappa shape index (κ2) is 5.89. The summed E-state index contributed by atoms with van der Waals surface area (Å²) in [5.74, 6) is 6.66. The topological polar surface area (TPSA) is 0 Å². The van der Waals surface area contributed by atoms with Gasteiger partial charge in [-0.2, -0.15) is 0 Å². The molecule has 0 unspecified atom stereocenters. The number of rotatable bonds is 3. The normalized spacial score (nSPS) is 50.3. The summed E-state index contributed by atoms with van der Waals surface area (Å²) in [6.07, 6.45) is 18.1. The van der Waals surface area contributed by atoms with E-state index in [1.165, 1.54) is 82.6 Å². The highest BCUT2D eigenvalue weighted by Crippen LogP contribution is 2.73. The first-order valence-electron chi connectivity index (χ1n) is 12.8. The smallest absolute Gasteiger partial charge is 0.123 e. The van der Waals surface area contributed by atoms with E-state index in [1.54, 1.807) is 11.6 Å². The van der Waals surface area contributed by atoms with Crippen LogP contribution in [0.5, 0.6) is 0 Å². The molecule has 1 heteroatoms. The van der Waals surface area contributed by atoms with Crippen LogP contribution in [0.25, 0.3) is 0 Å². The fourth-order valence-electron chi connectivity index (χ4n) is 11.3. The van der Waals surface area contributed by atoms with Crippen molar-refractivity contribution in [1.29, 1.82) is 0 Å². The van der Waals surface area contributed by atoms with E-state index in [0.29, 0.717) is 16.7 Å². The van der Waals surface area contributed by atoms with Gasteiger partial charge in [0.25, 0.3) is 0 Å². The van der Waals surface area contributed by atoms with E-state index in [2.05, 4.69) is 13.0 Å². The lowest BCUT2D eigenvalue weighted by Gasteiger charge is -2.67. The lowest BCUT2D eigenvalue weighted by molar-refractivity contribution is -0.144. The third-order valence-electron chi connectivity index (χ3n) is 10.9. The molecule has 29 heavy (non-hydrogen) atoms. The Bertz CT molecular complexity index is 720. The summed E-state index contributed by atoms with van der Waals surface area (Å²) in [7, 11) is 0. The molecule has 0 N–H and O–H groups in total. The molecule has 8 bridgehead atoms. The Morgan fingerprint density at radius 1 is 0.690 bits per heavy atom. The quantitative estimate of drug-likeness (QED) is 0.495. The SMILES string of the molecule is Cc1cc(F)ccc1C(C12CC3CC(CC(C3)C1)C2)C12CC3CC(CC(C3)C1)C2. The Hall–Kier alpha value is -0.850. The van der Waals surface area contributed by atoms with Crippen molar-refractivity contribution in [1.82, 2.24) is 0 Å². The standard InChI is InChI=1S/C28H37F/c1-17-4-24(29)2-3-25(17)26(27-11-18-5-19(12-27)7-20(6-18)13-27)28-14-21-8-22(15-28)10-23(9-21)16-28/h2-4,18-23,26H,5-16H2,1H3. The Balaban J connectivity index is 1.39. The number of benzene rings is 1. The van der Waals surface area contributed by atoms with Crippen molar-refractivity contribution < 1.29 is 4.39 Å². The minimum Gasteiger partial charge on any atom is -0.207 e. The molecule has 1 aromatic rings. The Morgan fingerprint density at radius 2 is 1.07 bits per heavy atom. The Morgan fingerprint density at radius 3 is 1.41 bits per heavy atom. The van der Waals surface area contributed by atoms with Crippen LogP contribution in [0, 0.1) is 59.1 Å². The van der Waals surface area contributed by atoms with Gasteiger partial charge in [0.15, 0.2) is 0 Å². The molecule has 156 valence electrons. The molecule has 9 rings (SSSR count). The summed E-state index contributed by atoms with van der Waals surface area (Å²) in [5.41, 5.74) is 3.88. The van der Waals surface area contributed by atoms with Gasteiger partial charge in [-0.15, -0.1) is 0 Å². The van der Waals surface area contributed by atoms with Gasteiger partial charge in [0.2, 0.25) is 0 Å². The van der Waals surface area contributed by atoms with E-state index in [4.69, 9.17) is 0 Å². The summed E-state index contributed by atoms with van der Waals surface area (Å²) >= 11 is 0. The minimum atomic E-state index is -0.0407. The highest BCUT2D eigenvalue weighted by atomic mass is 19.1. The molecule has 8 fully saturated rings. The molecule has 8 aliphatic carbocycles. The first-order valence-corrected chi connectivity index (χ1v) is 12.8. The molecule has 0 nitrogen and oxygen atoms in total. The van der Waals surface area contributed by atoms with Crippen molar-refractivity contribution in [2.24, 2.45) is 46.3 Å². The third kappa shape index (κ3) is 2.54. The van der Waals surface area contributed by atoms with Crippen molar-refractivity contribution in [2.75, 3.05) is 0 Å². The van der Waals surface area contributed by atoms with Gasteiger partial charge in [-0.3, -0.25) is 0 Å². The van der Waals surface area contributed by atoms with Crippen LogP contribution in [-0.2, 0) is 0 Å². The van der Waals surface area contributed by atoms with Crippen molar-refractivity contribution in [3.05, 3.63) is 35.1 Å². The summed E-state index contributed by atoms with van der Waals surface area (Å²) in [6, 6.07) is 5.88. The molecule has 8 saturated carbocycles. The zero-order chi connectivity index (χ0) is 19.4. The number of aryl methyl sites for hydroxylation is 1. The lowest BCUT2D eigenvalue weighted by Crippen LogP contribution is -2.57. The van der Waals surface area contributed by atoms with Crippen molar-refractivity contribution in [3.8, 4) is 0 Å². The molecule has 0 aromatic heterocycles. The lowest BCUT2D eigenvalue weighted by atomic mass is 9.37. The van der Waals surface area contributed by atoms with Crippen molar-refractivity contribution >= 4 is 0 Å². The van der Waals surface area contributed by atoms with Gasteiger partial charge in [-0.25, -0.2) is 4.39 Å². The predicted octanol–water partition coefficient (Wildman–Crippen LogP) is 7.65. The van der Waals surface area contributed by atoms with E-state index in [-0.39, 0.29) is 5.82 Å². The van der Waals surface area contributed by atoms with Crippen LogP contribution >= 0.6 is 0 Å². The predicted molar refractivity (Wildman–Crippen MR) is 115 cm³/mol. The van der Waals surface area contributed by atoms with Crippen molar-refractivity contribution in [3.63, 3.8) is 0 Å². The van der Waals surface area contributed by atoms with E-state index in [1.807, 2.05) is 6.07 Å². The molecule has 8 aliphatic rings. The fraction of sp³-hybridized carbons (Fsp3) is 0.786. The van der Waals surface area contributed by atoms with Crippen LogP contribution in [0.1, 0.15) is 94.1 Å². The maximum atomic E-state index is 14.1. The number of hydrogen-bond acceptors (Lipinski definition) is 0. The van der Waals surface area contributed by atoms with Crippen LogP contribution in [0.2, 0.25) is 0 Å². The number of halogens is 1. The van der Waals surface area contributed by atoms with Crippen LogP contribution in [-0.4, -0.2) is 0 Å². The van der Waals surface area contributed by atoms with E-state index >= 15 is 0 Å². The summed E-state index contributed by atoms with van der Waals surface area (Å²) in [4.78, 5) is 0. The number of hydrogen-bond donors (Lipinski definition) is 0. The van der Waals surface area contributed by atoms with Crippen LogP contribution in [0.3, 0.4) is 0 Å². The molecule has 0 spiro atoms. The summed E-state index contributed by atoms with van der Waals surface area (Å²) < 4.78 is 14.1. The molecule has 0 atom stereocenters. The molecule has 1 aromatic carbocycles. The molecule has 0 heterocycles. The molecule has 0 aliphatic heterocycles. The average Bonchev–Trinajstić information content (AvgIpc) is 2.61. The van der Waals surface area contributed by atoms with E-state index < -0.39 is 0 Å². The molecular formula is C28H37F. The van der Waals surface area contributed by atoms with Gasteiger partial charge < -0.3 is 0 Å². The second-order valence-electron chi connectivity index (χ2n) is 13.0. The summed E-state index contributed by atoms with van der Waals surface area (Å²) in [6.45, 7) is 2.21. The van der Waals surface area contributed by atoms with E-state index in [0.717, 1.165) is 35.5 Å². The monoisotopic (exact) mass is 392 g/mol. The van der Waals surface area contributed by atoms with E-state index in [9.17, 15) is 4.39 Å². The molecule has 0 saturated heterocycles. The maximum Gasteiger partial charge on any atom is 0.123 e. The molecule has 0 radical (unpaired) electrons. The highest BCUT2D eigenvalue weighted by Gasteiger charge is 2.63. The molecular weight excluding hydrogens is 355 g/mol. The fourth-order valence-corrected chi connectivity index (χ4v) is 11.3. The second-order valence-corrected chi connectivity index (χ2v) is 13.0. The summed E-state index contributed by atoms with van der Waals surface area (Å²) in [5, 5.41) is 0. The Labute approximate surface area is 176 Å². The van der Waals surface area contributed by atoms with Crippen LogP contribution < -0.4 is 0 Å². The van der Waals surface area contributed by atoms with Gasteiger partial charge in [0.1, 0.15) is 5.82 Å². The zero-order valence-electron chi connectivity index (χ0n) is 18.1. The maximum absolute atomic E-state index is 14.1. The van der Waals surface area contributed by atoms with Crippen molar-refractivity contribution in [2.45, 2.75) is 89.9 Å². The van der Waals surface area contributed by atoms with Gasteiger partial charge in [0.05, 0.1) is 0 Å². The third-order valence-corrected chi connectivity index (χ3v) is 10.9. The van der Waals surface area contributed by atoms with Crippen LogP contribution in [0.15, 0.2) is 18.2 Å². The van der Waals surface area contributed by atoms with Gasteiger partial charge >= 0.3 is 0 Å². The zero-order valence-corrected chi connectivity index (χ0v) is 18.1. The van der Waals surface area contributed by atoms with Crippen LogP contribution in [0.4, 0.5) is 4.39 Å². The van der Waals surface area contributed by atoms with Gasteiger partial charge in [-0.05, 0) is 159 Å².